The summed E-state index contributed by atoms with van der Waals surface area (Å²) in [7, 11) is 0. The average Bonchev–Trinajstić information content (AvgIpc) is 3.11. The molecule has 0 aliphatic carbocycles. The molecule has 110 valence electrons. The van der Waals surface area contributed by atoms with Crippen LogP contribution in [0.2, 0.25) is 4.34 Å². The first-order valence-corrected chi connectivity index (χ1v) is 7.41. The highest BCUT2D eigenvalue weighted by Gasteiger charge is 2.05. The monoisotopic (exact) mass is 340 g/mol. The van der Waals surface area contributed by atoms with Gasteiger partial charge < -0.3 is 5.32 Å². The van der Waals surface area contributed by atoms with Gasteiger partial charge in [0.15, 0.2) is 5.82 Å². The minimum Gasteiger partial charge on any atom is -0.308 e. The zero-order chi connectivity index (χ0) is 13.8. The van der Waals surface area contributed by atoms with Crippen LogP contribution in [0.15, 0.2) is 48.9 Å². The lowest BCUT2D eigenvalue weighted by Crippen LogP contribution is -2.14. The molecule has 0 aliphatic rings. The third-order valence-corrected chi connectivity index (χ3v) is 4.06. The Balaban J connectivity index is 0.00000161. The molecule has 3 aromatic rings. The van der Waals surface area contributed by atoms with Gasteiger partial charge >= 0.3 is 0 Å². The van der Waals surface area contributed by atoms with Gasteiger partial charge in [0, 0.05) is 42.1 Å². The van der Waals surface area contributed by atoms with Crippen molar-refractivity contribution in [3.8, 4) is 5.82 Å². The molecule has 0 unspecified atom stereocenters. The van der Waals surface area contributed by atoms with Crippen LogP contribution in [0.1, 0.15) is 10.4 Å². The number of aromatic nitrogens is 3. The molecular formula is C14H14Cl2N4S. The minimum absolute atomic E-state index is 0. The second kappa shape index (κ2) is 7.56. The Kier molecular flexibility index (Phi) is 5.76. The summed E-state index contributed by atoms with van der Waals surface area (Å²) < 4.78 is 2.60. The van der Waals surface area contributed by atoms with Crippen LogP contribution in [-0.4, -0.2) is 14.8 Å². The third kappa shape index (κ3) is 4.04. The van der Waals surface area contributed by atoms with E-state index in [9.17, 15) is 0 Å². The summed E-state index contributed by atoms with van der Waals surface area (Å²) in [6.07, 6.45) is 5.42. The van der Waals surface area contributed by atoms with Gasteiger partial charge in [-0.15, -0.1) is 23.7 Å². The molecule has 0 amide bonds. The minimum atomic E-state index is 0. The van der Waals surface area contributed by atoms with Crippen LogP contribution in [-0.2, 0) is 13.1 Å². The third-order valence-electron chi connectivity index (χ3n) is 2.83. The number of nitrogens with zero attached hydrogens (tertiary/aromatic N) is 3. The van der Waals surface area contributed by atoms with Crippen LogP contribution in [0.25, 0.3) is 5.82 Å². The first-order chi connectivity index (χ1) is 9.83. The van der Waals surface area contributed by atoms with Crippen molar-refractivity contribution in [1.29, 1.82) is 0 Å². The Morgan fingerprint density at radius 3 is 2.76 bits per heavy atom. The zero-order valence-electron chi connectivity index (χ0n) is 11.1. The Morgan fingerprint density at radius 1 is 1.14 bits per heavy atom. The van der Waals surface area contributed by atoms with Crippen LogP contribution in [0.5, 0.6) is 0 Å². The summed E-state index contributed by atoms with van der Waals surface area (Å²) >= 11 is 7.51. The molecular weight excluding hydrogens is 327 g/mol. The Hall–Kier alpha value is -1.40. The summed E-state index contributed by atoms with van der Waals surface area (Å²) in [6.45, 7) is 1.53. The zero-order valence-corrected chi connectivity index (χ0v) is 13.5. The molecule has 0 spiro atoms. The topological polar surface area (TPSA) is 42.7 Å². The summed E-state index contributed by atoms with van der Waals surface area (Å²) in [5.74, 6) is 0.856. The first-order valence-electron chi connectivity index (χ1n) is 6.22. The highest BCUT2D eigenvalue weighted by atomic mass is 35.5. The van der Waals surface area contributed by atoms with E-state index in [1.54, 1.807) is 28.4 Å². The van der Waals surface area contributed by atoms with Gasteiger partial charge in [0.25, 0.3) is 0 Å². The van der Waals surface area contributed by atoms with E-state index in [2.05, 4.69) is 21.5 Å². The van der Waals surface area contributed by atoms with Gasteiger partial charge in [-0.25, -0.2) is 9.67 Å². The summed E-state index contributed by atoms with van der Waals surface area (Å²) in [4.78, 5) is 5.61. The number of rotatable bonds is 5. The number of hydrogen-bond donors (Lipinski definition) is 1. The number of hydrogen-bond acceptors (Lipinski definition) is 4. The maximum absolute atomic E-state index is 5.92. The van der Waals surface area contributed by atoms with E-state index in [4.69, 9.17) is 11.6 Å². The van der Waals surface area contributed by atoms with E-state index in [0.29, 0.717) is 0 Å². The lowest BCUT2D eigenvalue weighted by molar-refractivity contribution is 0.688. The summed E-state index contributed by atoms with van der Waals surface area (Å²) in [6, 6.07) is 9.84. The quantitative estimate of drug-likeness (QED) is 0.770. The van der Waals surface area contributed by atoms with Gasteiger partial charge in [0.1, 0.15) is 0 Å². The predicted octanol–water partition coefficient (Wildman–Crippen LogP) is 3.69. The van der Waals surface area contributed by atoms with Crippen molar-refractivity contribution in [2.24, 2.45) is 0 Å². The van der Waals surface area contributed by atoms with E-state index in [1.807, 2.05) is 30.5 Å². The first kappa shape index (κ1) is 16.0. The van der Waals surface area contributed by atoms with Gasteiger partial charge in [-0.3, -0.25) is 0 Å². The molecule has 0 saturated heterocycles. The molecule has 3 heterocycles. The predicted molar refractivity (Wildman–Crippen MR) is 88.5 cm³/mol. The van der Waals surface area contributed by atoms with Crippen LogP contribution in [0.4, 0.5) is 0 Å². The van der Waals surface area contributed by atoms with Gasteiger partial charge in [0.05, 0.1) is 4.34 Å². The van der Waals surface area contributed by atoms with Crippen LogP contribution < -0.4 is 5.32 Å². The van der Waals surface area contributed by atoms with Crippen LogP contribution in [0.3, 0.4) is 0 Å². The van der Waals surface area contributed by atoms with Crippen molar-refractivity contribution in [2.45, 2.75) is 13.1 Å². The van der Waals surface area contributed by atoms with Gasteiger partial charge in [-0.05, 0) is 24.3 Å². The lowest BCUT2D eigenvalue weighted by atomic mass is 10.2. The Bertz CT molecular complexity index is 682. The fourth-order valence-electron chi connectivity index (χ4n) is 1.94. The number of pyridine rings is 1. The second-order valence-corrected chi connectivity index (χ2v) is 6.05. The number of halogens is 2. The van der Waals surface area contributed by atoms with Gasteiger partial charge in [-0.1, -0.05) is 17.7 Å². The highest BCUT2D eigenvalue weighted by Crippen LogP contribution is 2.21. The summed E-state index contributed by atoms with van der Waals surface area (Å²) in [5.41, 5.74) is 1.11. The number of thiophene rings is 1. The van der Waals surface area contributed by atoms with E-state index in [0.717, 1.165) is 28.8 Å². The van der Waals surface area contributed by atoms with Gasteiger partial charge in [0.2, 0.25) is 0 Å². The number of nitrogens with one attached hydrogen (secondary N) is 1. The molecule has 0 aliphatic heterocycles. The molecule has 0 fully saturated rings. The SMILES string of the molecule is Cl.Clc1ccc(CNCc2cccnc2-n2cccn2)s1. The maximum atomic E-state index is 5.92. The molecule has 4 nitrogen and oxygen atoms in total. The second-order valence-electron chi connectivity index (χ2n) is 4.25. The molecule has 0 saturated carbocycles. The molecule has 1 N–H and O–H groups in total. The molecule has 3 rings (SSSR count). The lowest BCUT2D eigenvalue weighted by Gasteiger charge is -2.09. The largest absolute Gasteiger partial charge is 0.308 e. The molecule has 0 radical (unpaired) electrons. The fourth-order valence-corrected chi connectivity index (χ4v) is 2.99. The van der Waals surface area contributed by atoms with Crippen molar-refractivity contribution in [1.82, 2.24) is 20.1 Å². The molecule has 0 atom stereocenters. The highest BCUT2D eigenvalue weighted by molar-refractivity contribution is 7.16. The van der Waals surface area contributed by atoms with Gasteiger partial charge in [-0.2, -0.15) is 5.10 Å². The molecule has 3 aromatic heterocycles. The molecule has 0 aromatic carbocycles. The summed E-state index contributed by atoms with van der Waals surface area (Å²) in [5, 5.41) is 7.63. The normalized spacial score (nSPS) is 10.3. The molecule has 21 heavy (non-hydrogen) atoms. The van der Waals surface area contributed by atoms with E-state index >= 15 is 0 Å². The standard InChI is InChI=1S/C14H13ClN4S.ClH/c15-13-5-4-12(20-13)10-16-9-11-3-1-6-17-14(11)19-8-2-7-18-19;/h1-8,16H,9-10H2;1H. The van der Waals surface area contributed by atoms with Crippen LogP contribution in [0, 0.1) is 0 Å². The Labute approximate surface area is 138 Å². The van der Waals surface area contributed by atoms with Crippen molar-refractivity contribution < 1.29 is 0 Å². The Morgan fingerprint density at radius 2 is 2.05 bits per heavy atom. The fraction of sp³-hybridized carbons (Fsp3) is 0.143. The molecule has 7 heteroatoms. The smallest absolute Gasteiger partial charge is 0.157 e. The maximum Gasteiger partial charge on any atom is 0.157 e. The van der Waals surface area contributed by atoms with Crippen molar-refractivity contribution in [3.63, 3.8) is 0 Å². The van der Waals surface area contributed by atoms with Crippen molar-refractivity contribution in [2.75, 3.05) is 0 Å². The van der Waals surface area contributed by atoms with Crippen molar-refractivity contribution in [3.05, 3.63) is 63.7 Å². The van der Waals surface area contributed by atoms with Crippen molar-refractivity contribution >= 4 is 35.3 Å². The van der Waals surface area contributed by atoms with E-state index in [1.165, 1.54) is 4.88 Å². The van der Waals surface area contributed by atoms with E-state index in [-0.39, 0.29) is 12.4 Å². The average molecular weight is 341 g/mol. The molecule has 0 bridgehead atoms. The van der Waals surface area contributed by atoms with E-state index < -0.39 is 0 Å². The van der Waals surface area contributed by atoms with Crippen LogP contribution >= 0.6 is 35.3 Å².